The summed E-state index contributed by atoms with van der Waals surface area (Å²) < 4.78 is 40.3. The van der Waals surface area contributed by atoms with Crippen LogP contribution in [0.25, 0.3) is 43.2 Å². The van der Waals surface area contributed by atoms with Gasteiger partial charge in [0.15, 0.2) is 5.82 Å². The molecule has 328 valence electrons. The predicted octanol–water partition coefficient (Wildman–Crippen LogP) is 8.12. The van der Waals surface area contributed by atoms with Gasteiger partial charge in [-0.1, -0.05) is 54.1 Å². The van der Waals surface area contributed by atoms with Crippen LogP contribution in [0.4, 0.5) is 4.39 Å². The molecule has 0 spiro atoms. The Bertz CT molecular complexity index is 2820. The van der Waals surface area contributed by atoms with Gasteiger partial charge in [0.1, 0.15) is 53.5 Å². The summed E-state index contributed by atoms with van der Waals surface area (Å²) >= 11 is 8.58. The van der Waals surface area contributed by atoms with Crippen molar-refractivity contribution in [3.8, 4) is 56.1 Å². The Kier molecular flexibility index (Phi) is 12.7. The van der Waals surface area contributed by atoms with E-state index in [-0.39, 0.29) is 37.9 Å². The summed E-state index contributed by atoms with van der Waals surface area (Å²) in [6, 6.07) is 24.3. The van der Waals surface area contributed by atoms with Gasteiger partial charge in [0.2, 0.25) is 12.0 Å². The number of rotatable bonds is 9. The van der Waals surface area contributed by atoms with Crippen molar-refractivity contribution in [2.75, 3.05) is 46.4 Å². The normalized spacial score (nSPS) is 17.0. The molecule has 1 fully saturated rings. The molecule has 2 atom stereocenters. The van der Waals surface area contributed by atoms with Crippen molar-refractivity contribution in [1.82, 2.24) is 29.7 Å². The van der Waals surface area contributed by atoms with E-state index in [1.165, 1.54) is 29.8 Å². The average Bonchev–Trinajstić information content (AvgIpc) is 3.70. The molecule has 10 rings (SSSR count). The molecule has 3 aromatic heterocycles. The zero-order valence-electron chi connectivity index (χ0n) is 35.0. The van der Waals surface area contributed by atoms with Crippen molar-refractivity contribution < 1.29 is 38.3 Å². The molecule has 0 radical (unpaired) electrons. The number of nitrogens with zero attached hydrogens (tertiary/aromatic N) is 6. The molecule has 3 aliphatic rings. The first-order valence-corrected chi connectivity index (χ1v) is 22.0. The highest BCUT2D eigenvalue weighted by Gasteiger charge is 2.30. The van der Waals surface area contributed by atoms with Gasteiger partial charge in [-0.15, -0.1) is 11.3 Å². The van der Waals surface area contributed by atoms with Gasteiger partial charge in [0, 0.05) is 66.9 Å². The highest BCUT2D eigenvalue weighted by Crippen LogP contribution is 2.49. The van der Waals surface area contributed by atoms with Crippen molar-refractivity contribution in [2.45, 2.75) is 38.8 Å². The van der Waals surface area contributed by atoms with E-state index in [4.69, 9.17) is 35.5 Å². The van der Waals surface area contributed by atoms with E-state index in [1.54, 1.807) is 42.6 Å². The number of thiophene rings is 1. The van der Waals surface area contributed by atoms with Crippen LogP contribution in [0.1, 0.15) is 22.4 Å². The second kappa shape index (κ2) is 18.9. The highest BCUT2D eigenvalue weighted by molar-refractivity contribution is 7.22. The van der Waals surface area contributed by atoms with Crippen molar-refractivity contribution in [3.63, 3.8) is 0 Å². The van der Waals surface area contributed by atoms with E-state index in [1.807, 2.05) is 43.3 Å². The van der Waals surface area contributed by atoms with Crippen LogP contribution in [0.5, 0.6) is 23.1 Å². The van der Waals surface area contributed by atoms with E-state index < -0.39 is 18.2 Å². The topological polar surface area (TPSA) is 152 Å². The lowest BCUT2D eigenvalue weighted by Crippen LogP contribution is -2.49. The largest absolute Gasteiger partial charge is 0.490 e. The third kappa shape index (κ3) is 9.21. The number of aliphatic hydroxyl groups is 1. The Labute approximate surface area is 377 Å². The van der Waals surface area contributed by atoms with Crippen molar-refractivity contribution >= 4 is 39.1 Å². The van der Waals surface area contributed by atoms with Crippen LogP contribution in [0.2, 0.25) is 5.02 Å². The second-order valence-electron chi connectivity index (χ2n) is 15.8. The number of likely N-dealkylation sites (N-methyl/N-ethyl adjacent to an activating group) is 1. The molecular weight excluding hydrogens is 859 g/mol. The second-order valence-corrected chi connectivity index (χ2v) is 17.1. The van der Waals surface area contributed by atoms with Crippen LogP contribution in [0, 0.1) is 12.7 Å². The van der Waals surface area contributed by atoms with Gasteiger partial charge in [0.05, 0.1) is 22.7 Å². The molecule has 7 aromatic rings. The van der Waals surface area contributed by atoms with Gasteiger partial charge < -0.3 is 34.1 Å². The molecule has 1 saturated heterocycles. The van der Waals surface area contributed by atoms with E-state index >= 15 is 0 Å². The maximum absolute atomic E-state index is 14.3. The highest BCUT2D eigenvalue weighted by atomic mass is 35.5. The molecule has 0 amide bonds. The van der Waals surface area contributed by atoms with E-state index in [9.17, 15) is 19.4 Å². The fourth-order valence-electron chi connectivity index (χ4n) is 7.98. The average molecular weight is 903 g/mol. The van der Waals surface area contributed by atoms with Crippen LogP contribution in [0.15, 0.2) is 97.5 Å². The molecule has 4 aromatic carbocycles. The molecule has 2 N–H and O–H groups in total. The maximum atomic E-state index is 14.3. The molecule has 13 nitrogen and oxygen atoms in total. The van der Waals surface area contributed by atoms with Crippen molar-refractivity contribution in [1.29, 1.82) is 0 Å². The number of carboxylic acids is 1. The molecule has 64 heavy (non-hydrogen) atoms. The summed E-state index contributed by atoms with van der Waals surface area (Å²) in [6.07, 6.45) is 0.926. The van der Waals surface area contributed by atoms with E-state index in [2.05, 4.69) is 31.8 Å². The number of aromatic nitrogens is 4. The van der Waals surface area contributed by atoms with Crippen LogP contribution < -0.4 is 18.9 Å². The number of carbonyl (C=O) groups is 1. The summed E-state index contributed by atoms with van der Waals surface area (Å²) in [6.45, 7) is 6.04. The lowest BCUT2D eigenvalue weighted by molar-refractivity contribution is -0.145. The van der Waals surface area contributed by atoms with Gasteiger partial charge in [-0.05, 0) is 78.7 Å². The molecule has 6 heterocycles. The number of halogens is 2. The number of aliphatic carboxylic acids is 1. The quantitative estimate of drug-likeness (QED) is 0.144. The minimum absolute atomic E-state index is 0.0256. The van der Waals surface area contributed by atoms with Gasteiger partial charge in [-0.2, -0.15) is 0 Å². The summed E-state index contributed by atoms with van der Waals surface area (Å²) in [7, 11) is 2.11. The molecule has 16 heteroatoms. The number of aliphatic hydroxyl groups excluding tert-OH is 1. The first kappa shape index (κ1) is 43.0. The summed E-state index contributed by atoms with van der Waals surface area (Å²) in [5.74, 6) is 0.215. The number of hydrogen-bond donors (Lipinski definition) is 2. The molecule has 4 bridgehead atoms. The third-order valence-electron chi connectivity index (χ3n) is 11.5. The lowest BCUT2D eigenvalue weighted by atomic mass is 9.96. The van der Waals surface area contributed by atoms with Crippen molar-refractivity contribution in [2.24, 2.45) is 0 Å². The fourth-order valence-corrected chi connectivity index (χ4v) is 9.35. The lowest BCUT2D eigenvalue weighted by Gasteiger charge is -2.34. The van der Waals surface area contributed by atoms with Crippen molar-refractivity contribution in [3.05, 3.63) is 131 Å². The maximum Gasteiger partial charge on any atom is 0.345 e. The summed E-state index contributed by atoms with van der Waals surface area (Å²) in [5, 5.41) is 21.6. The zero-order chi connectivity index (χ0) is 44.3. The minimum atomic E-state index is -1.45. The predicted molar refractivity (Wildman–Crippen MR) is 242 cm³/mol. The number of piperazine rings is 1. The minimum Gasteiger partial charge on any atom is -0.490 e. The standard InChI is InChI=1S/C48H44ClFN6O7S/c1-28-36-12-14-39(43(28)49)62-35(23-56-19-17-55(2)18-20-56)26-60-34-11-13-38(61-25-33-15-16-51-45(54-33)37-6-4-3-5-30(37)24-57)31(21-34)22-40(48(58)59)63-46-42-41(36)44(64-47(42)53-27-52-46)29-7-9-32(50)10-8-29/h3-16,21,27,35,40,57H,17-20,22-26H2,1-2H3,(H,58,59)/t35-,40-/m1/s1. The Morgan fingerprint density at radius 3 is 2.58 bits per heavy atom. The Hall–Kier alpha value is -6.23. The smallest absolute Gasteiger partial charge is 0.345 e. The van der Waals surface area contributed by atoms with Gasteiger partial charge in [-0.25, -0.2) is 29.1 Å². The van der Waals surface area contributed by atoms with Gasteiger partial charge in [0.25, 0.3) is 0 Å². The van der Waals surface area contributed by atoms with Gasteiger partial charge >= 0.3 is 5.97 Å². The number of ether oxygens (including phenoxy) is 4. The first-order valence-electron chi connectivity index (χ1n) is 20.8. The Balaban J connectivity index is 1.13. The number of fused-ring (bicyclic) bond motifs is 7. The molecule has 3 aliphatic heterocycles. The molecule has 0 saturated carbocycles. The fraction of sp³-hybridized carbons (Fsp3) is 0.271. The molecule has 0 aliphatic carbocycles. The van der Waals surface area contributed by atoms with E-state index in [0.717, 1.165) is 42.2 Å². The number of benzene rings is 4. The Morgan fingerprint density at radius 2 is 1.78 bits per heavy atom. The van der Waals surface area contributed by atoms with Gasteiger partial charge in [-0.3, -0.25) is 4.90 Å². The summed E-state index contributed by atoms with van der Waals surface area (Å²) in [5.41, 5.74) is 5.27. The van der Waals surface area contributed by atoms with Crippen LogP contribution in [-0.2, 0) is 24.4 Å². The van der Waals surface area contributed by atoms with Crippen LogP contribution in [-0.4, -0.2) is 105 Å². The molecule has 0 unspecified atom stereocenters. The van der Waals surface area contributed by atoms with Crippen LogP contribution >= 0.6 is 22.9 Å². The van der Waals surface area contributed by atoms with E-state index in [0.29, 0.717) is 78.4 Å². The SMILES string of the molecule is Cc1c2ccc(c1Cl)O[C@H](CN1CCN(C)CC1)COc1ccc(OCc3ccnc(-c4ccccc4CO)n3)c(c1)C[C@H](C(=O)O)Oc1ncnc3sc(-c4ccc(F)cc4)c-2c13. The Morgan fingerprint density at radius 1 is 0.969 bits per heavy atom. The first-order chi connectivity index (χ1) is 31.1. The van der Waals surface area contributed by atoms with Crippen LogP contribution in [0.3, 0.4) is 0 Å². The zero-order valence-corrected chi connectivity index (χ0v) is 36.6. The number of carboxylic acid groups (broad SMARTS) is 1. The summed E-state index contributed by atoms with van der Waals surface area (Å²) in [4.78, 5) is 37.4. The third-order valence-corrected chi connectivity index (χ3v) is 13.1. The number of hydrogen-bond acceptors (Lipinski definition) is 13. The molecular formula is C48H44ClFN6O7S. The monoisotopic (exact) mass is 902 g/mol.